The van der Waals surface area contributed by atoms with Crippen LogP contribution >= 0.6 is 0 Å². The normalized spacial score (nSPS) is 24.3. The maximum Gasteiger partial charge on any atom is 0.246 e. The van der Waals surface area contributed by atoms with Gasteiger partial charge in [-0.3, -0.25) is 0 Å². The summed E-state index contributed by atoms with van der Waals surface area (Å²) >= 11 is 0. The van der Waals surface area contributed by atoms with Gasteiger partial charge in [-0.2, -0.15) is 4.98 Å². The van der Waals surface area contributed by atoms with Gasteiger partial charge in [0.05, 0.1) is 6.04 Å². The Kier molecular flexibility index (Phi) is 2.88. The number of nitrogens with two attached hydrogens (primary N) is 1. The van der Waals surface area contributed by atoms with Crippen LogP contribution in [-0.4, -0.2) is 40.9 Å². The molecule has 1 unspecified atom stereocenters. The van der Waals surface area contributed by atoms with Gasteiger partial charge in [-0.05, 0) is 25.7 Å². The lowest BCUT2D eigenvalue weighted by Crippen LogP contribution is -2.31. The van der Waals surface area contributed by atoms with Crippen molar-refractivity contribution in [1.82, 2.24) is 14.8 Å². The van der Waals surface area contributed by atoms with Crippen LogP contribution in [0, 0.1) is 0 Å². The maximum absolute atomic E-state index is 5.78. The smallest absolute Gasteiger partial charge is 0.246 e. The van der Waals surface area contributed by atoms with E-state index in [-0.39, 0.29) is 0 Å². The van der Waals surface area contributed by atoms with Crippen molar-refractivity contribution in [3.8, 4) is 0 Å². The minimum Gasteiger partial charge on any atom is -0.354 e. The van der Waals surface area contributed by atoms with Gasteiger partial charge in [0.2, 0.25) is 11.9 Å². The monoisotopic (exact) mass is 236 g/mol. The molecular weight excluding hydrogens is 216 g/mol. The Morgan fingerprint density at radius 1 is 1.29 bits per heavy atom. The SMILES string of the molecule is NCC1CCNc2nc(N3CCCCC3)nn21. The van der Waals surface area contributed by atoms with E-state index in [0.29, 0.717) is 12.6 Å². The molecule has 3 heterocycles. The number of hydrogen-bond acceptors (Lipinski definition) is 5. The first-order valence-electron chi connectivity index (χ1n) is 6.54. The number of rotatable bonds is 2. The van der Waals surface area contributed by atoms with Crippen molar-refractivity contribution in [3.63, 3.8) is 0 Å². The number of anilines is 2. The molecule has 0 spiro atoms. The molecule has 1 atom stereocenters. The van der Waals surface area contributed by atoms with E-state index in [1.54, 1.807) is 0 Å². The van der Waals surface area contributed by atoms with Crippen molar-refractivity contribution in [2.75, 3.05) is 36.4 Å². The zero-order valence-electron chi connectivity index (χ0n) is 10.1. The van der Waals surface area contributed by atoms with Gasteiger partial charge in [0.15, 0.2) is 0 Å². The summed E-state index contributed by atoms with van der Waals surface area (Å²) in [6, 6.07) is 0.303. The van der Waals surface area contributed by atoms with E-state index < -0.39 is 0 Å². The molecule has 0 bridgehead atoms. The van der Waals surface area contributed by atoms with Crippen LogP contribution in [0.5, 0.6) is 0 Å². The van der Waals surface area contributed by atoms with Crippen molar-refractivity contribution in [1.29, 1.82) is 0 Å². The quantitative estimate of drug-likeness (QED) is 0.786. The highest BCUT2D eigenvalue weighted by Gasteiger charge is 2.24. The zero-order chi connectivity index (χ0) is 11.7. The van der Waals surface area contributed by atoms with Crippen LogP contribution in [0.1, 0.15) is 31.7 Å². The number of nitrogens with one attached hydrogen (secondary N) is 1. The van der Waals surface area contributed by atoms with Crippen molar-refractivity contribution >= 4 is 11.9 Å². The van der Waals surface area contributed by atoms with Crippen molar-refractivity contribution in [3.05, 3.63) is 0 Å². The molecule has 6 heteroatoms. The molecule has 17 heavy (non-hydrogen) atoms. The fourth-order valence-corrected chi connectivity index (χ4v) is 2.61. The van der Waals surface area contributed by atoms with Gasteiger partial charge in [0, 0.05) is 26.2 Å². The molecule has 1 aromatic heterocycles. The number of aromatic nitrogens is 3. The largest absolute Gasteiger partial charge is 0.354 e. The average molecular weight is 236 g/mol. The molecule has 0 amide bonds. The molecular formula is C11H20N6. The lowest BCUT2D eigenvalue weighted by atomic mass is 10.1. The van der Waals surface area contributed by atoms with Crippen LogP contribution in [0.4, 0.5) is 11.9 Å². The molecule has 0 saturated carbocycles. The molecule has 1 saturated heterocycles. The Bertz CT molecular complexity index is 381. The first kappa shape index (κ1) is 10.8. The molecule has 0 aromatic carbocycles. The lowest BCUT2D eigenvalue weighted by molar-refractivity contribution is 0.425. The first-order chi connectivity index (χ1) is 8.38. The zero-order valence-corrected chi connectivity index (χ0v) is 10.1. The van der Waals surface area contributed by atoms with Crippen molar-refractivity contribution in [2.24, 2.45) is 5.73 Å². The van der Waals surface area contributed by atoms with Crippen molar-refractivity contribution < 1.29 is 0 Å². The van der Waals surface area contributed by atoms with Gasteiger partial charge in [-0.15, -0.1) is 5.10 Å². The molecule has 0 aliphatic carbocycles. The van der Waals surface area contributed by atoms with E-state index in [1.165, 1.54) is 19.3 Å². The molecule has 2 aliphatic rings. The highest BCUT2D eigenvalue weighted by atomic mass is 15.5. The van der Waals surface area contributed by atoms with E-state index in [0.717, 1.165) is 38.0 Å². The third-order valence-electron chi connectivity index (χ3n) is 3.64. The second-order valence-electron chi connectivity index (χ2n) is 4.83. The van der Waals surface area contributed by atoms with E-state index in [9.17, 15) is 0 Å². The number of hydrogen-bond donors (Lipinski definition) is 2. The Balaban J connectivity index is 1.84. The topological polar surface area (TPSA) is 72.0 Å². The minimum absolute atomic E-state index is 0.303. The molecule has 3 N–H and O–H groups in total. The van der Waals surface area contributed by atoms with E-state index in [2.05, 4.69) is 20.3 Å². The number of nitrogens with zero attached hydrogens (tertiary/aromatic N) is 4. The molecule has 3 rings (SSSR count). The molecule has 0 radical (unpaired) electrons. The lowest BCUT2D eigenvalue weighted by Gasteiger charge is -2.25. The summed E-state index contributed by atoms with van der Waals surface area (Å²) in [4.78, 5) is 6.87. The molecule has 1 aromatic rings. The van der Waals surface area contributed by atoms with Gasteiger partial charge < -0.3 is 16.0 Å². The molecule has 2 aliphatic heterocycles. The Hall–Kier alpha value is -1.30. The number of fused-ring (bicyclic) bond motifs is 1. The first-order valence-corrected chi connectivity index (χ1v) is 6.54. The third kappa shape index (κ3) is 1.97. The van der Waals surface area contributed by atoms with E-state index >= 15 is 0 Å². The summed E-state index contributed by atoms with van der Waals surface area (Å²) in [7, 11) is 0. The molecule has 1 fully saturated rings. The van der Waals surface area contributed by atoms with Crippen LogP contribution in [0.25, 0.3) is 0 Å². The van der Waals surface area contributed by atoms with Gasteiger partial charge >= 0.3 is 0 Å². The van der Waals surface area contributed by atoms with E-state index in [4.69, 9.17) is 5.73 Å². The minimum atomic E-state index is 0.303. The van der Waals surface area contributed by atoms with Crippen molar-refractivity contribution in [2.45, 2.75) is 31.7 Å². The summed E-state index contributed by atoms with van der Waals surface area (Å²) < 4.78 is 1.97. The Morgan fingerprint density at radius 3 is 2.88 bits per heavy atom. The average Bonchev–Trinajstić information content (AvgIpc) is 2.83. The van der Waals surface area contributed by atoms with Crippen LogP contribution in [0.2, 0.25) is 0 Å². The van der Waals surface area contributed by atoms with Crippen LogP contribution < -0.4 is 16.0 Å². The summed E-state index contributed by atoms with van der Waals surface area (Å²) in [6.45, 7) is 3.74. The predicted molar refractivity (Wildman–Crippen MR) is 67.3 cm³/mol. The fourth-order valence-electron chi connectivity index (χ4n) is 2.61. The standard InChI is InChI=1S/C11H20N6/c12-8-9-4-5-13-10-14-11(15-17(9)10)16-6-2-1-3-7-16/h9H,1-8,12H2,(H,13,14,15). The predicted octanol–water partition coefficient (Wildman–Crippen LogP) is 0.584. The Morgan fingerprint density at radius 2 is 2.12 bits per heavy atom. The summed E-state index contributed by atoms with van der Waals surface area (Å²) in [6.07, 6.45) is 4.86. The second-order valence-corrected chi connectivity index (χ2v) is 4.83. The fraction of sp³-hybridized carbons (Fsp3) is 0.818. The summed E-state index contributed by atoms with van der Waals surface area (Å²) in [5, 5.41) is 7.91. The van der Waals surface area contributed by atoms with Gasteiger partial charge in [0.25, 0.3) is 0 Å². The summed E-state index contributed by atoms with van der Waals surface area (Å²) in [5.41, 5.74) is 5.78. The molecule has 94 valence electrons. The number of piperidine rings is 1. The summed E-state index contributed by atoms with van der Waals surface area (Å²) in [5.74, 6) is 1.75. The molecule has 6 nitrogen and oxygen atoms in total. The highest BCUT2D eigenvalue weighted by molar-refractivity contribution is 5.39. The Labute approximate surface area is 101 Å². The van der Waals surface area contributed by atoms with Gasteiger partial charge in [-0.25, -0.2) is 4.68 Å². The third-order valence-corrected chi connectivity index (χ3v) is 3.64. The van der Waals surface area contributed by atoms with Gasteiger partial charge in [0.1, 0.15) is 0 Å². The highest BCUT2D eigenvalue weighted by Crippen LogP contribution is 2.25. The van der Waals surface area contributed by atoms with E-state index in [1.807, 2.05) is 4.68 Å². The van der Waals surface area contributed by atoms with Crippen LogP contribution in [-0.2, 0) is 0 Å². The maximum atomic E-state index is 5.78. The van der Waals surface area contributed by atoms with Crippen LogP contribution in [0.3, 0.4) is 0 Å². The van der Waals surface area contributed by atoms with Gasteiger partial charge in [-0.1, -0.05) is 0 Å². The van der Waals surface area contributed by atoms with Crippen LogP contribution in [0.15, 0.2) is 0 Å². The second kappa shape index (κ2) is 4.52.